The van der Waals surface area contributed by atoms with Gasteiger partial charge in [0.05, 0.1) is 0 Å². The maximum absolute atomic E-state index is 6.23. The molecular weight excluding hydrogens is 679 g/mol. The van der Waals surface area contributed by atoms with Crippen molar-refractivity contribution in [2.24, 2.45) is 0 Å². The third-order valence-corrected chi connectivity index (χ3v) is 10.7. The van der Waals surface area contributed by atoms with Crippen LogP contribution in [0.15, 0.2) is 229 Å². The smallest absolute Gasteiger partial charge is 0.136 e. The average Bonchev–Trinajstić information content (AvgIpc) is 3.66. The molecule has 0 spiro atoms. The lowest BCUT2D eigenvalue weighted by Gasteiger charge is -2.26. The molecule has 0 fully saturated rings. The van der Waals surface area contributed by atoms with Crippen molar-refractivity contribution in [3.63, 3.8) is 0 Å². The highest BCUT2D eigenvalue weighted by atomic mass is 16.3. The number of hydrogen-bond acceptors (Lipinski definition) is 2. The number of anilines is 3. The molecule has 0 aliphatic heterocycles. The van der Waals surface area contributed by atoms with Crippen LogP contribution < -0.4 is 4.90 Å². The van der Waals surface area contributed by atoms with Gasteiger partial charge in [-0.15, -0.1) is 0 Å². The van der Waals surface area contributed by atoms with Crippen LogP contribution in [0.1, 0.15) is 0 Å². The van der Waals surface area contributed by atoms with Crippen LogP contribution in [0.4, 0.5) is 17.1 Å². The van der Waals surface area contributed by atoms with E-state index in [1.165, 1.54) is 44.5 Å². The molecule has 10 rings (SSSR count). The molecule has 0 aliphatic rings. The first-order valence-electron chi connectivity index (χ1n) is 19.1. The molecule has 1 aromatic heterocycles. The Hall–Kier alpha value is -7.42. The summed E-state index contributed by atoms with van der Waals surface area (Å²) in [5, 5.41) is 2.28. The Morgan fingerprint density at radius 1 is 0.250 bits per heavy atom. The first kappa shape index (κ1) is 33.2. The van der Waals surface area contributed by atoms with Gasteiger partial charge < -0.3 is 9.32 Å². The van der Waals surface area contributed by atoms with Gasteiger partial charge in [0.2, 0.25) is 0 Å². The summed E-state index contributed by atoms with van der Waals surface area (Å²) >= 11 is 0. The summed E-state index contributed by atoms with van der Waals surface area (Å²) in [6.45, 7) is 0. The predicted molar refractivity (Wildman–Crippen MR) is 236 cm³/mol. The Morgan fingerprint density at radius 2 is 0.607 bits per heavy atom. The monoisotopic (exact) mass is 715 g/mol. The van der Waals surface area contributed by atoms with E-state index in [2.05, 4.69) is 217 Å². The normalized spacial score (nSPS) is 11.2. The minimum absolute atomic E-state index is 0.900. The maximum Gasteiger partial charge on any atom is 0.136 e. The van der Waals surface area contributed by atoms with E-state index in [1.54, 1.807) is 0 Å². The Balaban J connectivity index is 1.03. The van der Waals surface area contributed by atoms with E-state index in [0.29, 0.717) is 0 Å². The molecule has 0 saturated carbocycles. The largest absolute Gasteiger partial charge is 0.456 e. The highest BCUT2D eigenvalue weighted by Gasteiger charge is 2.16. The van der Waals surface area contributed by atoms with Gasteiger partial charge in [0, 0.05) is 27.8 Å². The summed E-state index contributed by atoms with van der Waals surface area (Å²) in [5.74, 6) is 0. The lowest BCUT2D eigenvalue weighted by Crippen LogP contribution is -2.09. The van der Waals surface area contributed by atoms with Crippen molar-refractivity contribution in [2.45, 2.75) is 0 Å². The molecule has 0 aliphatic carbocycles. The predicted octanol–water partition coefficient (Wildman–Crippen LogP) is 15.4. The van der Waals surface area contributed by atoms with Crippen molar-refractivity contribution < 1.29 is 4.42 Å². The SMILES string of the molecule is c1ccc(-c2ccccc2-c2ccc(N(c3ccc(-c4ccc5c(c4)oc4ccccc45)cc3)c3ccc(-c4ccccc4-c4ccccc4)cc3)cc2)cc1. The molecule has 10 aromatic rings. The van der Waals surface area contributed by atoms with E-state index >= 15 is 0 Å². The molecular formula is C54H37NO. The molecule has 0 atom stereocenters. The Labute approximate surface area is 327 Å². The number of rotatable bonds is 8. The van der Waals surface area contributed by atoms with Crippen molar-refractivity contribution >= 4 is 39.0 Å². The lowest BCUT2D eigenvalue weighted by molar-refractivity contribution is 0.669. The van der Waals surface area contributed by atoms with Crippen LogP contribution in [0, 0.1) is 0 Å². The van der Waals surface area contributed by atoms with Crippen LogP contribution in [-0.2, 0) is 0 Å². The Bertz CT molecular complexity index is 2800. The van der Waals surface area contributed by atoms with E-state index in [-0.39, 0.29) is 0 Å². The number of fused-ring (bicyclic) bond motifs is 3. The number of para-hydroxylation sites is 1. The third-order valence-electron chi connectivity index (χ3n) is 10.7. The summed E-state index contributed by atoms with van der Waals surface area (Å²) in [5.41, 5.74) is 17.0. The maximum atomic E-state index is 6.23. The zero-order valence-electron chi connectivity index (χ0n) is 30.7. The summed E-state index contributed by atoms with van der Waals surface area (Å²) in [6.07, 6.45) is 0. The van der Waals surface area contributed by atoms with Gasteiger partial charge in [-0.2, -0.15) is 0 Å². The second-order valence-corrected chi connectivity index (χ2v) is 14.1. The Morgan fingerprint density at radius 3 is 1.09 bits per heavy atom. The number of hydrogen-bond donors (Lipinski definition) is 0. The molecule has 264 valence electrons. The zero-order chi connectivity index (χ0) is 37.3. The molecule has 0 N–H and O–H groups in total. The molecule has 2 nitrogen and oxygen atoms in total. The fourth-order valence-corrected chi connectivity index (χ4v) is 7.94. The highest BCUT2D eigenvalue weighted by Crippen LogP contribution is 2.41. The first-order chi connectivity index (χ1) is 27.8. The fraction of sp³-hybridized carbons (Fsp3) is 0. The van der Waals surface area contributed by atoms with Gasteiger partial charge in [0.1, 0.15) is 11.2 Å². The second-order valence-electron chi connectivity index (χ2n) is 14.1. The standard InChI is InChI=1S/C54H37NO/c1-3-13-39(14-4-1)47-17-7-9-19-49(47)41-25-32-45(33-26-41)55(46-34-27-42(28-35-46)50-20-10-8-18-48(50)40-15-5-2-6-16-40)44-30-23-38(24-31-44)43-29-36-52-51-21-11-12-22-53(51)56-54(52)37-43/h1-37H. The van der Waals surface area contributed by atoms with E-state index < -0.39 is 0 Å². The van der Waals surface area contributed by atoms with E-state index in [9.17, 15) is 0 Å². The van der Waals surface area contributed by atoms with Crippen molar-refractivity contribution in [1.82, 2.24) is 0 Å². The van der Waals surface area contributed by atoms with E-state index in [0.717, 1.165) is 50.1 Å². The lowest BCUT2D eigenvalue weighted by atomic mass is 9.94. The first-order valence-corrected chi connectivity index (χ1v) is 19.1. The summed E-state index contributed by atoms with van der Waals surface area (Å²) < 4.78 is 6.23. The highest BCUT2D eigenvalue weighted by molar-refractivity contribution is 6.06. The van der Waals surface area contributed by atoms with Crippen LogP contribution in [0.3, 0.4) is 0 Å². The number of benzene rings is 9. The van der Waals surface area contributed by atoms with Crippen LogP contribution in [0.2, 0.25) is 0 Å². The molecule has 0 saturated heterocycles. The summed E-state index contributed by atoms with van der Waals surface area (Å²) in [6, 6.07) is 80.0. The second kappa shape index (κ2) is 14.4. The Kier molecular flexibility index (Phi) is 8.55. The van der Waals surface area contributed by atoms with Gasteiger partial charge in [0.15, 0.2) is 0 Å². The third kappa shape index (κ3) is 6.24. The van der Waals surface area contributed by atoms with Gasteiger partial charge >= 0.3 is 0 Å². The molecule has 0 bridgehead atoms. The van der Waals surface area contributed by atoms with Crippen LogP contribution in [0.5, 0.6) is 0 Å². The topological polar surface area (TPSA) is 16.4 Å². The number of furan rings is 1. The quantitative estimate of drug-likeness (QED) is 0.156. The minimum Gasteiger partial charge on any atom is -0.456 e. The minimum atomic E-state index is 0.900. The molecule has 2 heteroatoms. The zero-order valence-corrected chi connectivity index (χ0v) is 30.7. The van der Waals surface area contributed by atoms with Crippen molar-refractivity contribution in [3.05, 3.63) is 224 Å². The summed E-state index contributed by atoms with van der Waals surface area (Å²) in [7, 11) is 0. The van der Waals surface area contributed by atoms with E-state index in [1.807, 2.05) is 12.1 Å². The van der Waals surface area contributed by atoms with Crippen molar-refractivity contribution in [2.75, 3.05) is 4.90 Å². The van der Waals surface area contributed by atoms with E-state index in [4.69, 9.17) is 4.42 Å². The average molecular weight is 716 g/mol. The van der Waals surface area contributed by atoms with Gasteiger partial charge in [-0.05, 0) is 110 Å². The van der Waals surface area contributed by atoms with Crippen LogP contribution in [0.25, 0.3) is 77.6 Å². The molecule has 1 heterocycles. The van der Waals surface area contributed by atoms with Crippen LogP contribution in [-0.4, -0.2) is 0 Å². The fourth-order valence-electron chi connectivity index (χ4n) is 7.94. The number of nitrogens with zero attached hydrogens (tertiary/aromatic N) is 1. The molecule has 9 aromatic carbocycles. The van der Waals surface area contributed by atoms with Crippen molar-refractivity contribution in [3.8, 4) is 55.6 Å². The summed E-state index contributed by atoms with van der Waals surface area (Å²) in [4.78, 5) is 2.34. The van der Waals surface area contributed by atoms with Gasteiger partial charge in [-0.25, -0.2) is 0 Å². The van der Waals surface area contributed by atoms with Gasteiger partial charge in [-0.3, -0.25) is 0 Å². The molecule has 0 amide bonds. The molecule has 0 unspecified atom stereocenters. The van der Waals surface area contributed by atoms with Crippen molar-refractivity contribution in [1.29, 1.82) is 0 Å². The molecule has 56 heavy (non-hydrogen) atoms. The molecule has 0 radical (unpaired) electrons. The van der Waals surface area contributed by atoms with Gasteiger partial charge in [0.25, 0.3) is 0 Å². The van der Waals surface area contributed by atoms with Crippen LogP contribution >= 0.6 is 0 Å². The van der Waals surface area contributed by atoms with Gasteiger partial charge in [-0.1, -0.05) is 170 Å².